The summed E-state index contributed by atoms with van der Waals surface area (Å²) in [6, 6.07) is 17.3. The van der Waals surface area contributed by atoms with Crippen molar-refractivity contribution in [1.82, 2.24) is 0 Å². The second kappa shape index (κ2) is 6.06. The monoisotopic (exact) mass is 284 g/mol. The summed E-state index contributed by atoms with van der Waals surface area (Å²) >= 11 is 6.06. The maximum absolute atomic E-state index is 11.8. The number of benzene rings is 2. The molecule has 2 aromatic carbocycles. The SMILES string of the molecule is C=C[C@@H](c1cccc(Cl)c1)[C@@](C)(C=O)c1ccccc1. The summed E-state index contributed by atoms with van der Waals surface area (Å²) in [4.78, 5) is 11.8. The van der Waals surface area contributed by atoms with Crippen molar-refractivity contribution in [2.75, 3.05) is 0 Å². The second-order valence-corrected chi connectivity index (χ2v) is 5.47. The van der Waals surface area contributed by atoms with Crippen LogP contribution in [0.2, 0.25) is 5.02 Å². The number of halogens is 1. The maximum atomic E-state index is 11.8. The van der Waals surface area contributed by atoms with Gasteiger partial charge in [-0.3, -0.25) is 0 Å². The first kappa shape index (κ1) is 14.5. The second-order valence-electron chi connectivity index (χ2n) is 5.03. The Hall–Kier alpha value is -1.86. The first-order chi connectivity index (χ1) is 9.61. The van der Waals surface area contributed by atoms with E-state index < -0.39 is 5.41 Å². The van der Waals surface area contributed by atoms with Gasteiger partial charge in [0.15, 0.2) is 0 Å². The topological polar surface area (TPSA) is 17.1 Å². The van der Waals surface area contributed by atoms with Crippen LogP contribution in [0, 0.1) is 0 Å². The quantitative estimate of drug-likeness (QED) is 0.571. The third-order valence-corrected chi connectivity index (χ3v) is 3.97. The summed E-state index contributed by atoms with van der Waals surface area (Å²) in [5.41, 5.74) is 1.30. The van der Waals surface area contributed by atoms with E-state index in [9.17, 15) is 4.79 Å². The molecule has 0 radical (unpaired) electrons. The molecule has 0 unspecified atom stereocenters. The van der Waals surface area contributed by atoms with E-state index in [0.717, 1.165) is 17.4 Å². The predicted molar refractivity (Wildman–Crippen MR) is 84.2 cm³/mol. The van der Waals surface area contributed by atoms with Crippen molar-refractivity contribution < 1.29 is 4.79 Å². The molecule has 0 bridgehead atoms. The molecule has 0 saturated carbocycles. The normalized spacial score (nSPS) is 15.1. The number of carbonyl (C=O) groups is 1. The molecule has 20 heavy (non-hydrogen) atoms. The smallest absolute Gasteiger partial charge is 0.131 e. The highest BCUT2D eigenvalue weighted by atomic mass is 35.5. The highest BCUT2D eigenvalue weighted by molar-refractivity contribution is 6.30. The maximum Gasteiger partial charge on any atom is 0.131 e. The molecule has 0 aliphatic heterocycles. The number of hydrogen-bond donors (Lipinski definition) is 0. The predicted octanol–water partition coefficient (Wildman–Crippen LogP) is 4.77. The Bertz CT molecular complexity index is 606. The minimum absolute atomic E-state index is 0.124. The van der Waals surface area contributed by atoms with Gasteiger partial charge in [0.25, 0.3) is 0 Å². The van der Waals surface area contributed by atoms with Crippen molar-refractivity contribution in [3.05, 3.63) is 83.4 Å². The highest BCUT2D eigenvalue weighted by Gasteiger charge is 2.35. The van der Waals surface area contributed by atoms with Crippen LogP contribution < -0.4 is 0 Å². The molecule has 102 valence electrons. The van der Waals surface area contributed by atoms with Crippen molar-refractivity contribution in [3.8, 4) is 0 Å². The molecule has 0 aliphatic carbocycles. The Balaban J connectivity index is 2.53. The molecule has 0 fully saturated rings. The number of hydrogen-bond acceptors (Lipinski definition) is 1. The first-order valence-corrected chi connectivity index (χ1v) is 6.89. The third-order valence-electron chi connectivity index (χ3n) is 3.73. The largest absolute Gasteiger partial charge is 0.302 e. The zero-order chi connectivity index (χ0) is 14.6. The fraction of sp³-hybridized carbons (Fsp3) is 0.167. The van der Waals surface area contributed by atoms with Gasteiger partial charge in [0, 0.05) is 10.9 Å². The molecule has 2 heteroatoms. The number of carbonyl (C=O) groups excluding carboxylic acids is 1. The molecule has 0 aliphatic rings. The lowest BCUT2D eigenvalue weighted by Crippen LogP contribution is -2.31. The molecule has 2 atom stereocenters. The van der Waals surface area contributed by atoms with Gasteiger partial charge in [-0.25, -0.2) is 0 Å². The zero-order valence-electron chi connectivity index (χ0n) is 11.4. The van der Waals surface area contributed by atoms with E-state index in [1.54, 1.807) is 0 Å². The highest BCUT2D eigenvalue weighted by Crippen LogP contribution is 2.38. The van der Waals surface area contributed by atoms with Crippen molar-refractivity contribution in [2.24, 2.45) is 0 Å². The van der Waals surface area contributed by atoms with Gasteiger partial charge in [0.2, 0.25) is 0 Å². The van der Waals surface area contributed by atoms with Crippen LogP contribution >= 0.6 is 11.6 Å². The van der Waals surface area contributed by atoms with Crippen molar-refractivity contribution in [2.45, 2.75) is 18.3 Å². The Morgan fingerprint density at radius 1 is 1.15 bits per heavy atom. The lowest BCUT2D eigenvalue weighted by atomic mass is 9.70. The molecule has 0 N–H and O–H groups in total. The van der Waals surface area contributed by atoms with Gasteiger partial charge in [-0.2, -0.15) is 0 Å². The van der Waals surface area contributed by atoms with Gasteiger partial charge in [-0.15, -0.1) is 6.58 Å². The Morgan fingerprint density at radius 3 is 2.40 bits per heavy atom. The summed E-state index contributed by atoms with van der Waals surface area (Å²) in [6.07, 6.45) is 2.81. The van der Waals surface area contributed by atoms with Gasteiger partial charge < -0.3 is 4.79 Å². The molecule has 2 aromatic rings. The lowest BCUT2D eigenvalue weighted by Gasteiger charge is -2.32. The Kier molecular flexibility index (Phi) is 4.41. The lowest BCUT2D eigenvalue weighted by molar-refractivity contribution is -0.112. The van der Waals surface area contributed by atoms with Crippen molar-refractivity contribution in [3.63, 3.8) is 0 Å². The average molecular weight is 285 g/mol. The molecule has 0 saturated heterocycles. The molecular weight excluding hydrogens is 268 g/mol. The molecule has 1 nitrogen and oxygen atoms in total. The van der Waals surface area contributed by atoms with Crippen LogP contribution in [0.5, 0.6) is 0 Å². The third kappa shape index (κ3) is 2.68. The van der Waals surface area contributed by atoms with Gasteiger partial charge in [0.1, 0.15) is 6.29 Å². The van der Waals surface area contributed by atoms with Crippen molar-refractivity contribution in [1.29, 1.82) is 0 Å². The van der Waals surface area contributed by atoms with Crippen LogP contribution in [0.4, 0.5) is 0 Å². The van der Waals surface area contributed by atoms with Crippen LogP contribution in [-0.2, 0) is 10.2 Å². The molecule has 0 spiro atoms. The van der Waals surface area contributed by atoms with E-state index >= 15 is 0 Å². The number of aldehydes is 1. The van der Waals surface area contributed by atoms with Crippen LogP contribution in [0.3, 0.4) is 0 Å². The number of allylic oxidation sites excluding steroid dienone is 1. The van der Waals surface area contributed by atoms with E-state index in [0.29, 0.717) is 5.02 Å². The molecule has 2 rings (SSSR count). The van der Waals surface area contributed by atoms with Gasteiger partial charge in [-0.05, 0) is 30.2 Å². The van der Waals surface area contributed by atoms with Crippen LogP contribution in [0.15, 0.2) is 67.3 Å². The number of rotatable bonds is 5. The summed E-state index contributed by atoms with van der Waals surface area (Å²) in [5.74, 6) is -0.124. The Morgan fingerprint density at radius 2 is 1.85 bits per heavy atom. The van der Waals surface area contributed by atoms with Crippen LogP contribution in [-0.4, -0.2) is 6.29 Å². The fourth-order valence-corrected chi connectivity index (χ4v) is 2.74. The summed E-state index contributed by atoms with van der Waals surface area (Å²) < 4.78 is 0. The van der Waals surface area contributed by atoms with Gasteiger partial charge in [0.05, 0.1) is 5.41 Å². The average Bonchev–Trinajstić information content (AvgIpc) is 2.48. The van der Waals surface area contributed by atoms with E-state index in [-0.39, 0.29) is 5.92 Å². The van der Waals surface area contributed by atoms with Crippen molar-refractivity contribution >= 4 is 17.9 Å². The fourth-order valence-electron chi connectivity index (χ4n) is 2.55. The minimum Gasteiger partial charge on any atom is -0.302 e. The van der Waals surface area contributed by atoms with E-state index in [1.807, 2.05) is 67.6 Å². The first-order valence-electron chi connectivity index (χ1n) is 6.51. The van der Waals surface area contributed by atoms with E-state index in [1.165, 1.54) is 0 Å². The van der Waals surface area contributed by atoms with Gasteiger partial charge >= 0.3 is 0 Å². The minimum atomic E-state index is -0.659. The van der Waals surface area contributed by atoms with Crippen LogP contribution in [0.25, 0.3) is 0 Å². The summed E-state index contributed by atoms with van der Waals surface area (Å²) in [6.45, 7) is 5.84. The molecule has 0 heterocycles. The molecular formula is C18H17ClO. The molecule has 0 aromatic heterocycles. The summed E-state index contributed by atoms with van der Waals surface area (Å²) in [5, 5.41) is 0.663. The van der Waals surface area contributed by atoms with E-state index in [2.05, 4.69) is 6.58 Å². The zero-order valence-corrected chi connectivity index (χ0v) is 12.2. The summed E-state index contributed by atoms with van der Waals surface area (Å²) in [7, 11) is 0. The standard InChI is InChI=1S/C18H17ClO/c1-3-17(14-8-7-11-16(19)12-14)18(2,13-20)15-9-5-4-6-10-15/h3-13,17H,1H2,2H3/t17-,18-/m0/s1. The Labute approximate surface area is 124 Å². The van der Waals surface area contributed by atoms with Crippen LogP contribution in [0.1, 0.15) is 24.0 Å². The van der Waals surface area contributed by atoms with Gasteiger partial charge in [-0.1, -0.05) is 60.1 Å². The van der Waals surface area contributed by atoms with E-state index in [4.69, 9.17) is 11.6 Å². The molecule has 0 amide bonds.